The van der Waals surface area contributed by atoms with Crippen LogP contribution in [0.25, 0.3) is 0 Å². The molecular weight excluding hydrogens is 425 g/mol. The van der Waals surface area contributed by atoms with Crippen LogP contribution >= 0.6 is 35.3 Å². The van der Waals surface area contributed by atoms with Gasteiger partial charge in [-0.05, 0) is 20.3 Å². The molecule has 6 nitrogen and oxygen atoms in total. The predicted molar refractivity (Wildman–Crippen MR) is 105 cm³/mol. The third-order valence-electron chi connectivity index (χ3n) is 3.05. The Hall–Kier alpha value is -1.16. The minimum Gasteiger partial charge on any atom is -0.359 e. The van der Waals surface area contributed by atoms with Gasteiger partial charge in [0.05, 0.1) is 16.4 Å². The quantitative estimate of drug-likeness (QED) is 0.386. The molecule has 2 rings (SSSR count). The Morgan fingerprint density at radius 1 is 1.30 bits per heavy atom. The highest BCUT2D eigenvalue weighted by Gasteiger charge is 2.04. The lowest BCUT2D eigenvalue weighted by Crippen LogP contribution is -2.38. The first-order chi connectivity index (χ1) is 10.7. The van der Waals surface area contributed by atoms with E-state index >= 15 is 0 Å². The summed E-state index contributed by atoms with van der Waals surface area (Å²) in [6, 6.07) is 1.95. The van der Waals surface area contributed by atoms with Crippen molar-refractivity contribution in [2.24, 2.45) is 4.99 Å². The van der Waals surface area contributed by atoms with E-state index in [9.17, 15) is 0 Å². The number of rotatable bonds is 7. The van der Waals surface area contributed by atoms with Crippen molar-refractivity contribution >= 4 is 41.3 Å². The zero-order valence-electron chi connectivity index (χ0n) is 13.8. The number of aryl methyl sites for hydroxylation is 2. The molecule has 0 spiro atoms. The van der Waals surface area contributed by atoms with Crippen molar-refractivity contribution in [3.8, 4) is 0 Å². The van der Waals surface area contributed by atoms with Gasteiger partial charge in [-0.2, -0.15) is 0 Å². The third-order valence-corrected chi connectivity index (χ3v) is 3.87. The molecule has 2 aromatic heterocycles. The van der Waals surface area contributed by atoms with E-state index in [0.717, 1.165) is 54.0 Å². The largest absolute Gasteiger partial charge is 0.359 e. The molecule has 0 saturated carbocycles. The van der Waals surface area contributed by atoms with E-state index in [1.807, 2.05) is 19.9 Å². The highest BCUT2D eigenvalue weighted by Crippen LogP contribution is 2.08. The molecule has 0 radical (unpaired) electrons. The lowest BCUT2D eigenvalue weighted by atomic mass is 10.3. The van der Waals surface area contributed by atoms with Crippen LogP contribution in [0.5, 0.6) is 0 Å². The van der Waals surface area contributed by atoms with E-state index in [1.54, 1.807) is 11.3 Å². The summed E-state index contributed by atoms with van der Waals surface area (Å²) in [6.45, 7) is 8.22. The Balaban J connectivity index is 0.00000264. The van der Waals surface area contributed by atoms with Gasteiger partial charge in [0, 0.05) is 31.0 Å². The Kier molecular flexibility index (Phi) is 9.15. The standard InChI is InChI=1S/C15H23N5OS.HI/c1-4-12-8-14(21-20-12)9-18-15(16-5-2)17-7-6-13-10-22-11(3)19-13;/h8,10H,4-7,9H2,1-3H3,(H2,16,17,18);1H. The molecule has 0 saturated heterocycles. The topological polar surface area (TPSA) is 75.3 Å². The van der Waals surface area contributed by atoms with E-state index in [4.69, 9.17) is 4.52 Å². The van der Waals surface area contributed by atoms with Crippen molar-refractivity contribution in [3.63, 3.8) is 0 Å². The normalized spacial score (nSPS) is 11.2. The smallest absolute Gasteiger partial charge is 0.191 e. The summed E-state index contributed by atoms with van der Waals surface area (Å²) in [6.07, 6.45) is 1.76. The van der Waals surface area contributed by atoms with E-state index in [2.05, 4.69) is 38.1 Å². The summed E-state index contributed by atoms with van der Waals surface area (Å²) in [5.74, 6) is 1.56. The van der Waals surface area contributed by atoms with Gasteiger partial charge in [-0.15, -0.1) is 35.3 Å². The van der Waals surface area contributed by atoms with Crippen LogP contribution in [0.1, 0.15) is 36.0 Å². The Labute approximate surface area is 158 Å². The molecular formula is C15H24IN5OS. The Morgan fingerprint density at radius 2 is 2.13 bits per heavy atom. The molecule has 2 N–H and O–H groups in total. The zero-order valence-corrected chi connectivity index (χ0v) is 16.9. The summed E-state index contributed by atoms with van der Waals surface area (Å²) in [7, 11) is 0. The highest BCUT2D eigenvalue weighted by molar-refractivity contribution is 14.0. The molecule has 0 aromatic carbocycles. The van der Waals surface area contributed by atoms with Gasteiger partial charge in [-0.1, -0.05) is 12.1 Å². The number of hydrogen-bond donors (Lipinski definition) is 2. The first-order valence-electron chi connectivity index (χ1n) is 7.59. The second-order valence-electron chi connectivity index (χ2n) is 4.87. The van der Waals surface area contributed by atoms with E-state index in [-0.39, 0.29) is 24.0 Å². The Morgan fingerprint density at radius 3 is 2.74 bits per heavy atom. The molecule has 23 heavy (non-hydrogen) atoms. The Bertz CT molecular complexity index is 611. The SMILES string of the molecule is CCNC(=NCc1cc(CC)no1)NCCc1csc(C)n1.I. The highest BCUT2D eigenvalue weighted by atomic mass is 127. The van der Waals surface area contributed by atoms with Crippen molar-refractivity contribution in [2.45, 2.75) is 40.2 Å². The van der Waals surface area contributed by atoms with Gasteiger partial charge in [0.1, 0.15) is 6.54 Å². The molecule has 8 heteroatoms. The average molecular weight is 449 g/mol. The molecule has 0 atom stereocenters. The van der Waals surface area contributed by atoms with Crippen LogP contribution in [-0.2, 0) is 19.4 Å². The molecule has 128 valence electrons. The van der Waals surface area contributed by atoms with Gasteiger partial charge in [-0.3, -0.25) is 0 Å². The summed E-state index contributed by atoms with van der Waals surface area (Å²) < 4.78 is 5.24. The number of nitrogens with zero attached hydrogens (tertiary/aromatic N) is 3. The fourth-order valence-electron chi connectivity index (χ4n) is 1.93. The van der Waals surface area contributed by atoms with Crippen LogP contribution in [0.15, 0.2) is 21.0 Å². The molecule has 0 amide bonds. The van der Waals surface area contributed by atoms with Gasteiger partial charge < -0.3 is 15.2 Å². The van der Waals surface area contributed by atoms with Crippen molar-refractivity contribution in [3.05, 3.63) is 33.6 Å². The lowest BCUT2D eigenvalue weighted by Gasteiger charge is -2.10. The van der Waals surface area contributed by atoms with Crippen LogP contribution in [0.2, 0.25) is 0 Å². The van der Waals surface area contributed by atoms with Crippen LogP contribution in [0, 0.1) is 6.92 Å². The molecule has 0 unspecified atom stereocenters. The molecule has 0 aliphatic rings. The molecule has 2 aromatic rings. The van der Waals surface area contributed by atoms with E-state index in [0.29, 0.717) is 6.54 Å². The number of halogens is 1. The maximum absolute atomic E-state index is 5.24. The number of aliphatic imine (C=N–C) groups is 1. The minimum atomic E-state index is 0. The number of nitrogens with one attached hydrogen (secondary N) is 2. The van der Waals surface area contributed by atoms with E-state index < -0.39 is 0 Å². The summed E-state index contributed by atoms with van der Waals surface area (Å²) in [5, 5.41) is 13.7. The number of aromatic nitrogens is 2. The molecule has 0 aliphatic carbocycles. The molecule has 0 aliphatic heterocycles. The fraction of sp³-hybridized carbons (Fsp3) is 0.533. The lowest BCUT2D eigenvalue weighted by molar-refractivity contribution is 0.379. The van der Waals surface area contributed by atoms with Gasteiger partial charge in [0.2, 0.25) is 0 Å². The van der Waals surface area contributed by atoms with Crippen LogP contribution in [-0.4, -0.2) is 29.2 Å². The first kappa shape index (κ1) is 19.9. The zero-order chi connectivity index (χ0) is 15.8. The molecule has 0 bridgehead atoms. The van der Waals surface area contributed by atoms with Gasteiger partial charge in [0.15, 0.2) is 11.7 Å². The van der Waals surface area contributed by atoms with Crippen LogP contribution in [0.3, 0.4) is 0 Å². The predicted octanol–water partition coefficient (Wildman–Crippen LogP) is 2.92. The van der Waals surface area contributed by atoms with Crippen LogP contribution < -0.4 is 10.6 Å². The van der Waals surface area contributed by atoms with Crippen molar-refractivity contribution in [1.29, 1.82) is 0 Å². The third kappa shape index (κ3) is 6.86. The number of thiazole rings is 1. The average Bonchev–Trinajstić information content (AvgIpc) is 3.13. The van der Waals surface area contributed by atoms with Gasteiger partial charge in [-0.25, -0.2) is 9.98 Å². The monoisotopic (exact) mass is 449 g/mol. The molecule has 0 fully saturated rings. The first-order valence-corrected chi connectivity index (χ1v) is 8.46. The summed E-state index contributed by atoms with van der Waals surface area (Å²) in [5.41, 5.74) is 2.08. The number of hydrogen-bond acceptors (Lipinski definition) is 5. The summed E-state index contributed by atoms with van der Waals surface area (Å²) >= 11 is 1.68. The minimum absolute atomic E-state index is 0. The maximum atomic E-state index is 5.24. The van der Waals surface area contributed by atoms with Crippen molar-refractivity contribution in [2.75, 3.05) is 13.1 Å². The fourth-order valence-corrected chi connectivity index (χ4v) is 2.57. The molecule has 2 heterocycles. The van der Waals surface area contributed by atoms with Crippen molar-refractivity contribution < 1.29 is 4.52 Å². The van der Waals surface area contributed by atoms with Gasteiger partial charge >= 0.3 is 0 Å². The van der Waals surface area contributed by atoms with Gasteiger partial charge in [0.25, 0.3) is 0 Å². The number of guanidine groups is 1. The summed E-state index contributed by atoms with van der Waals surface area (Å²) in [4.78, 5) is 8.96. The maximum Gasteiger partial charge on any atom is 0.191 e. The second kappa shape index (κ2) is 10.6. The van der Waals surface area contributed by atoms with E-state index in [1.165, 1.54) is 0 Å². The van der Waals surface area contributed by atoms with Crippen LogP contribution in [0.4, 0.5) is 0 Å². The second-order valence-corrected chi connectivity index (χ2v) is 5.93. The van der Waals surface area contributed by atoms with Crippen molar-refractivity contribution in [1.82, 2.24) is 20.8 Å².